The molecule has 0 aliphatic heterocycles. The monoisotopic (exact) mass is 347 g/mol. The average molecular weight is 347 g/mol. The van der Waals surface area contributed by atoms with Crippen LogP contribution in [0.15, 0.2) is 48.7 Å². The predicted octanol–water partition coefficient (Wildman–Crippen LogP) is 4.57. The maximum absolute atomic E-state index is 4.68. The zero-order valence-corrected chi connectivity index (χ0v) is 15.8. The molecule has 0 atom stereocenters. The Morgan fingerprint density at radius 2 is 1.69 bits per heavy atom. The molecule has 2 aromatic carbocycles. The molecule has 0 aliphatic rings. The van der Waals surface area contributed by atoms with Crippen molar-refractivity contribution in [3.63, 3.8) is 0 Å². The smallest absolute Gasteiger partial charge is 0.249 e. The Morgan fingerprint density at radius 3 is 2.35 bits per heavy atom. The molecule has 5 heteroatoms. The highest BCUT2D eigenvalue weighted by Crippen LogP contribution is 2.25. The van der Waals surface area contributed by atoms with Crippen LogP contribution in [0.5, 0.6) is 0 Å². The lowest BCUT2D eigenvalue weighted by atomic mass is 10.1. The van der Waals surface area contributed by atoms with Gasteiger partial charge in [0.25, 0.3) is 0 Å². The summed E-state index contributed by atoms with van der Waals surface area (Å²) in [6, 6.07) is 14.7. The summed E-state index contributed by atoms with van der Waals surface area (Å²) in [6.45, 7) is 10.0. The fraction of sp³-hybridized carbons (Fsp3) is 0.286. The third-order valence-electron chi connectivity index (χ3n) is 4.38. The van der Waals surface area contributed by atoms with Gasteiger partial charge < -0.3 is 10.2 Å². The zero-order valence-electron chi connectivity index (χ0n) is 15.8. The molecule has 0 bridgehead atoms. The van der Waals surface area contributed by atoms with Crippen molar-refractivity contribution in [1.29, 1.82) is 0 Å². The van der Waals surface area contributed by atoms with E-state index in [9.17, 15) is 0 Å². The molecule has 0 saturated carbocycles. The van der Waals surface area contributed by atoms with E-state index in [0.29, 0.717) is 5.95 Å². The van der Waals surface area contributed by atoms with Crippen LogP contribution in [-0.4, -0.2) is 21.7 Å². The van der Waals surface area contributed by atoms with E-state index >= 15 is 0 Å². The molecule has 0 unspecified atom stereocenters. The fourth-order valence-corrected chi connectivity index (χ4v) is 3.15. The van der Waals surface area contributed by atoms with Crippen LogP contribution in [0.1, 0.15) is 29.2 Å². The number of anilines is 3. The highest BCUT2D eigenvalue weighted by atomic mass is 15.3. The van der Waals surface area contributed by atoms with Gasteiger partial charge in [-0.1, -0.05) is 48.0 Å². The molecule has 1 N–H and O–H groups in total. The van der Waals surface area contributed by atoms with Crippen LogP contribution in [-0.2, 0) is 6.54 Å². The molecule has 0 spiro atoms. The van der Waals surface area contributed by atoms with Gasteiger partial charge in [0.05, 0.1) is 6.20 Å². The highest BCUT2D eigenvalue weighted by molar-refractivity contribution is 5.64. The van der Waals surface area contributed by atoms with Crippen molar-refractivity contribution in [3.05, 3.63) is 70.9 Å². The molecular formula is C21H25N5. The van der Waals surface area contributed by atoms with Crippen LogP contribution in [0.2, 0.25) is 0 Å². The van der Waals surface area contributed by atoms with Gasteiger partial charge in [-0.15, -0.1) is 5.10 Å². The quantitative estimate of drug-likeness (QED) is 0.708. The summed E-state index contributed by atoms with van der Waals surface area (Å²) in [5.41, 5.74) is 5.88. The number of hydrogen-bond donors (Lipinski definition) is 1. The first-order valence-electron chi connectivity index (χ1n) is 8.90. The van der Waals surface area contributed by atoms with Crippen LogP contribution in [0.25, 0.3) is 0 Å². The number of nitrogens with zero attached hydrogens (tertiary/aromatic N) is 4. The first-order valence-corrected chi connectivity index (χ1v) is 8.90. The van der Waals surface area contributed by atoms with Crippen molar-refractivity contribution in [3.8, 4) is 0 Å². The van der Waals surface area contributed by atoms with Crippen LogP contribution < -0.4 is 10.2 Å². The lowest BCUT2D eigenvalue weighted by Crippen LogP contribution is -2.23. The SMILES string of the molecule is CCN(Cc1ccccc1)c1cnnc(Nc2c(C)cc(C)cc2C)n1. The van der Waals surface area contributed by atoms with E-state index in [1.54, 1.807) is 6.20 Å². The number of benzene rings is 2. The van der Waals surface area contributed by atoms with Crippen LogP contribution >= 0.6 is 0 Å². The topological polar surface area (TPSA) is 53.9 Å². The molecule has 0 saturated heterocycles. The van der Waals surface area contributed by atoms with Crippen molar-refractivity contribution in [1.82, 2.24) is 15.2 Å². The third kappa shape index (κ3) is 4.17. The number of aromatic nitrogens is 3. The summed E-state index contributed by atoms with van der Waals surface area (Å²) < 4.78 is 0. The summed E-state index contributed by atoms with van der Waals surface area (Å²) in [5.74, 6) is 1.33. The van der Waals surface area contributed by atoms with E-state index in [1.807, 2.05) is 6.07 Å². The summed E-state index contributed by atoms with van der Waals surface area (Å²) in [7, 11) is 0. The van der Waals surface area contributed by atoms with Gasteiger partial charge in [0.2, 0.25) is 5.95 Å². The van der Waals surface area contributed by atoms with Crippen LogP contribution in [0.3, 0.4) is 0 Å². The average Bonchev–Trinajstić information content (AvgIpc) is 2.64. The minimum absolute atomic E-state index is 0.518. The molecule has 0 amide bonds. The van der Waals surface area contributed by atoms with Crippen molar-refractivity contribution in [2.24, 2.45) is 0 Å². The summed E-state index contributed by atoms with van der Waals surface area (Å²) in [5, 5.41) is 11.7. The molecule has 3 aromatic rings. The van der Waals surface area contributed by atoms with E-state index in [-0.39, 0.29) is 0 Å². The van der Waals surface area contributed by atoms with E-state index in [1.165, 1.54) is 22.3 Å². The van der Waals surface area contributed by atoms with E-state index in [4.69, 9.17) is 0 Å². The molecule has 0 aliphatic carbocycles. The Bertz CT molecular complexity index is 854. The van der Waals surface area contributed by atoms with Crippen molar-refractivity contribution < 1.29 is 0 Å². The van der Waals surface area contributed by atoms with Gasteiger partial charge in [0.15, 0.2) is 5.82 Å². The largest absolute Gasteiger partial charge is 0.351 e. The van der Waals surface area contributed by atoms with Gasteiger partial charge in [-0.3, -0.25) is 0 Å². The van der Waals surface area contributed by atoms with E-state index in [2.05, 4.69) is 89.5 Å². The first-order chi connectivity index (χ1) is 12.6. The minimum Gasteiger partial charge on any atom is -0.351 e. The molecular weight excluding hydrogens is 322 g/mol. The van der Waals surface area contributed by atoms with Gasteiger partial charge in [-0.25, -0.2) is 0 Å². The lowest BCUT2D eigenvalue weighted by molar-refractivity contribution is 0.798. The molecule has 0 fully saturated rings. The van der Waals surface area contributed by atoms with Gasteiger partial charge in [0.1, 0.15) is 0 Å². The fourth-order valence-electron chi connectivity index (χ4n) is 3.15. The number of nitrogens with one attached hydrogen (secondary N) is 1. The Kier molecular flexibility index (Phi) is 5.46. The van der Waals surface area contributed by atoms with Gasteiger partial charge in [0, 0.05) is 18.8 Å². The maximum Gasteiger partial charge on any atom is 0.249 e. The first kappa shape index (κ1) is 17.9. The lowest BCUT2D eigenvalue weighted by Gasteiger charge is -2.22. The third-order valence-corrected chi connectivity index (χ3v) is 4.38. The van der Waals surface area contributed by atoms with Crippen molar-refractivity contribution in [2.75, 3.05) is 16.8 Å². The van der Waals surface area contributed by atoms with Gasteiger partial charge in [-0.2, -0.15) is 10.1 Å². The molecule has 26 heavy (non-hydrogen) atoms. The normalized spacial score (nSPS) is 10.6. The molecule has 134 valence electrons. The number of aryl methyl sites for hydroxylation is 3. The molecule has 0 radical (unpaired) electrons. The van der Waals surface area contributed by atoms with Crippen LogP contribution in [0, 0.1) is 20.8 Å². The molecule has 3 rings (SSSR count). The van der Waals surface area contributed by atoms with Gasteiger partial charge >= 0.3 is 0 Å². The maximum atomic E-state index is 4.68. The highest BCUT2D eigenvalue weighted by Gasteiger charge is 2.11. The summed E-state index contributed by atoms with van der Waals surface area (Å²) >= 11 is 0. The van der Waals surface area contributed by atoms with E-state index < -0.39 is 0 Å². The Hall–Kier alpha value is -2.95. The molecule has 1 aromatic heterocycles. The number of rotatable bonds is 6. The molecule has 5 nitrogen and oxygen atoms in total. The van der Waals surface area contributed by atoms with Gasteiger partial charge in [-0.05, 0) is 44.4 Å². The number of hydrogen-bond acceptors (Lipinski definition) is 5. The zero-order chi connectivity index (χ0) is 18.5. The molecule has 1 heterocycles. The standard InChI is InChI=1S/C21H25N5/c1-5-26(14-18-9-7-6-8-10-18)19-13-22-25-21(23-19)24-20-16(3)11-15(2)12-17(20)4/h6-13H,5,14H2,1-4H3,(H,23,24,25). The summed E-state index contributed by atoms with van der Waals surface area (Å²) in [4.78, 5) is 6.87. The van der Waals surface area contributed by atoms with Crippen molar-refractivity contribution >= 4 is 17.5 Å². The second-order valence-corrected chi connectivity index (χ2v) is 6.54. The second kappa shape index (κ2) is 7.95. The van der Waals surface area contributed by atoms with Crippen LogP contribution in [0.4, 0.5) is 17.5 Å². The summed E-state index contributed by atoms with van der Waals surface area (Å²) in [6.07, 6.45) is 1.71. The van der Waals surface area contributed by atoms with Crippen molar-refractivity contribution in [2.45, 2.75) is 34.2 Å². The second-order valence-electron chi connectivity index (χ2n) is 6.54. The predicted molar refractivity (Wildman–Crippen MR) is 107 cm³/mol. The van der Waals surface area contributed by atoms with E-state index in [0.717, 1.165) is 24.6 Å². The Balaban J connectivity index is 1.83. The minimum atomic E-state index is 0.518. The Labute approximate surface area is 155 Å². The Morgan fingerprint density at radius 1 is 1.00 bits per heavy atom.